The number of carbonyl (C=O) groups is 3. The van der Waals surface area contributed by atoms with Crippen LogP contribution in [0.25, 0.3) is 11.1 Å². The highest BCUT2D eigenvalue weighted by Gasteiger charge is 2.52. The normalized spacial score (nSPS) is 22.5. The van der Waals surface area contributed by atoms with Crippen LogP contribution in [0.5, 0.6) is 0 Å². The molecule has 0 unspecified atom stereocenters. The molecular formula is C34H40FN3O4. The minimum Gasteiger partial charge on any atom is -0.444 e. The van der Waals surface area contributed by atoms with Crippen molar-refractivity contribution in [1.29, 1.82) is 5.26 Å². The number of fused-ring (bicyclic) bond motifs is 2. The molecule has 5 rings (SSSR count). The Bertz CT molecular complexity index is 1370. The van der Waals surface area contributed by atoms with E-state index >= 15 is 4.39 Å². The van der Waals surface area contributed by atoms with E-state index in [1.54, 1.807) is 49.9 Å². The standard InChI is InChI=1S/C34H40FN3O4/c1-34(2,3)42-33(41)38-28-14-13-27(19-28)31(38)30(39)18-22(21-36)17-26-12-11-25(20-29(26)35)23-7-9-24(10-8-23)32(40)37-15-5-4-6-16-37/h7-12,20,22,27-28,31H,4-6,13-19H2,1-3H3/t22-,27+,28-,31+/m1/s1. The molecule has 42 heavy (non-hydrogen) atoms. The Morgan fingerprint density at radius 2 is 1.71 bits per heavy atom. The number of amides is 2. The van der Waals surface area contributed by atoms with Crippen molar-refractivity contribution in [2.75, 3.05) is 13.1 Å². The molecule has 3 fully saturated rings. The number of ether oxygens (including phenoxy) is 1. The number of likely N-dealkylation sites (tertiary alicyclic amines) is 2. The molecule has 4 atom stereocenters. The van der Waals surface area contributed by atoms with E-state index in [0.29, 0.717) is 16.7 Å². The number of carbonyl (C=O) groups excluding carboxylic acids is 3. The van der Waals surface area contributed by atoms with E-state index < -0.39 is 29.5 Å². The summed E-state index contributed by atoms with van der Waals surface area (Å²) in [4.78, 5) is 42.7. The number of hydrogen-bond donors (Lipinski definition) is 0. The highest BCUT2D eigenvalue weighted by molar-refractivity contribution is 5.94. The summed E-state index contributed by atoms with van der Waals surface area (Å²) in [6.07, 6.45) is 5.30. The molecule has 2 aliphatic heterocycles. The lowest BCUT2D eigenvalue weighted by molar-refractivity contribution is -0.126. The summed E-state index contributed by atoms with van der Waals surface area (Å²) < 4.78 is 20.8. The molecule has 3 aliphatic rings. The van der Waals surface area contributed by atoms with E-state index in [0.717, 1.165) is 57.2 Å². The van der Waals surface area contributed by atoms with Gasteiger partial charge in [0, 0.05) is 31.1 Å². The van der Waals surface area contributed by atoms with E-state index in [1.165, 1.54) is 6.07 Å². The van der Waals surface area contributed by atoms with Crippen LogP contribution in [0.3, 0.4) is 0 Å². The van der Waals surface area contributed by atoms with Gasteiger partial charge in [0.15, 0.2) is 5.78 Å². The van der Waals surface area contributed by atoms with Crippen molar-refractivity contribution in [1.82, 2.24) is 9.80 Å². The highest BCUT2D eigenvalue weighted by Crippen LogP contribution is 2.44. The molecule has 7 nitrogen and oxygen atoms in total. The fourth-order valence-corrected chi connectivity index (χ4v) is 6.75. The molecule has 0 N–H and O–H groups in total. The summed E-state index contributed by atoms with van der Waals surface area (Å²) in [7, 11) is 0. The van der Waals surface area contributed by atoms with Crippen molar-refractivity contribution in [3.63, 3.8) is 0 Å². The van der Waals surface area contributed by atoms with Crippen molar-refractivity contribution < 1.29 is 23.5 Å². The van der Waals surface area contributed by atoms with Gasteiger partial charge < -0.3 is 9.64 Å². The molecular weight excluding hydrogens is 533 g/mol. The van der Waals surface area contributed by atoms with Crippen molar-refractivity contribution in [3.8, 4) is 17.2 Å². The summed E-state index contributed by atoms with van der Waals surface area (Å²) in [5.74, 6) is -1.20. The lowest BCUT2D eigenvalue weighted by Gasteiger charge is -2.35. The molecule has 2 saturated heterocycles. The number of nitriles is 1. The van der Waals surface area contributed by atoms with Gasteiger partial charge in [-0.2, -0.15) is 5.26 Å². The van der Waals surface area contributed by atoms with Gasteiger partial charge in [0.25, 0.3) is 5.91 Å². The first-order valence-electron chi connectivity index (χ1n) is 15.2. The van der Waals surface area contributed by atoms with Crippen LogP contribution in [0, 0.1) is 29.0 Å². The average molecular weight is 574 g/mol. The Hall–Kier alpha value is -3.73. The van der Waals surface area contributed by atoms with Gasteiger partial charge >= 0.3 is 6.09 Å². The van der Waals surface area contributed by atoms with E-state index in [9.17, 15) is 19.6 Å². The van der Waals surface area contributed by atoms with E-state index in [2.05, 4.69) is 6.07 Å². The smallest absolute Gasteiger partial charge is 0.411 e. The van der Waals surface area contributed by atoms with Crippen LogP contribution in [-0.4, -0.2) is 58.4 Å². The fourth-order valence-electron chi connectivity index (χ4n) is 6.75. The van der Waals surface area contributed by atoms with Gasteiger partial charge in [-0.1, -0.05) is 24.3 Å². The van der Waals surface area contributed by atoms with E-state index in [1.807, 2.05) is 17.0 Å². The zero-order valence-electron chi connectivity index (χ0n) is 24.8. The van der Waals surface area contributed by atoms with Gasteiger partial charge in [0.1, 0.15) is 11.4 Å². The number of halogens is 1. The van der Waals surface area contributed by atoms with Crippen LogP contribution >= 0.6 is 0 Å². The maximum atomic E-state index is 15.2. The Balaban J connectivity index is 1.23. The first-order chi connectivity index (χ1) is 20.0. The predicted octanol–water partition coefficient (Wildman–Crippen LogP) is 6.55. The lowest BCUT2D eigenvalue weighted by atomic mass is 9.87. The largest absolute Gasteiger partial charge is 0.444 e. The molecule has 8 heteroatoms. The van der Waals surface area contributed by atoms with Gasteiger partial charge in [-0.05, 0) is 107 Å². The predicted molar refractivity (Wildman–Crippen MR) is 157 cm³/mol. The average Bonchev–Trinajstić information content (AvgIpc) is 3.59. The van der Waals surface area contributed by atoms with Crippen LogP contribution < -0.4 is 0 Å². The molecule has 222 valence electrons. The fraction of sp³-hybridized carbons (Fsp3) is 0.529. The van der Waals surface area contributed by atoms with Gasteiger partial charge in [0.05, 0.1) is 18.0 Å². The number of nitrogens with zero attached hydrogens (tertiary/aromatic N) is 3. The topological polar surface area (TPSA) is 90.7 Å². The minimum absolute atomic E-state index is 0.0127. The second-order valence-corrected chi connectivity index (χ2v) is 13.0. The van der Waals surface area contributed by atoms with Crippen LogP contribution in [-0.2, 0) is 16.0 Å². The number of ketones is 1. The molecule has 0 radical (unpaired) electrons. The van der Waals surface area contributed by atoms with Crippen molar-refractivity contribution in [2.24, 2.45) is 11.8 Å². The second kappa shape index (κ2) is 12.2. The third-order valence-corrected chi connectivity index (χ3v) is 8.78. The summed E-state index contributed by atoms with van der Waals surface area (Å²) >= 11 is 0. The first-order valence-corrected chi connectivity index (χ1v) is 15.2. The van der Waals surface area contributed by atoms with Crippen molar-refractivity contribution in [2.45, 2.75) is 89.8 Å². The summed E-state index contributed by atoms with van der Waals surface area (Å²) in [6.45, 7) is 6.97. The molecule has 2 aromatic rings. The maximum absolute atomic E-state index is 15.2. The highest BCUT2D eigenvalue weighted by atomic mass is 19.1. The monoisotopic (exact) mass is 573 g/mol. The maximum Gasteiger partial charge on any atom is 0.411 e. The Morgan fingerprint density at radius 1 is 1.02 bits per heavy atom. The number of piperidine rings is 2. The summed E-state index contributed by atoms with van der Waals surface area (Å²) in [5.41, 5.74) is 1.79. The third kappa shape index (κ3) is 6.51. The molecule has 1 saturated carbocycles. The number of Topliss-reactive ketones (excluding diaryl/α,β-unsaturated/α-hetero) is 1. The number of benzene rings is 2. The SMILES string of the molecule is CC(C)(C)OC(=O)N1[C@@H]2CC[C@@H](C2)[C@H]1C(=O)C[C@H](C#N)Cc1ccc(-c2ccc(C(=O)N3CCCCC3)cc2)cc1F. The van der Waals surface area contributed by atoms with Gasteiger partial charge in [-0.15, -0.1) is 0 Å². The van der Waals surface area contributed by atoms with Crippen molar-refractivity contribution >= 4 is 17.8 Å². The van der Waals surface area contributed by atoms with Crippen LogP contribution in [0.2, 0.25) is 0 Å². The zero-order valence-corrected chi connectivity index (χ0v) is 24.8. The quantitative estimate of drug-likeness (QED) is 0.375. The molecule has 2 aromatic carbocycles. The Kier molecular flexibility index (Phi) is 8.68. The lowest BCUT2D eigenvalue weighted by Crippen LogP contribution is -2.51. The van der Waals surface area contributed by atoms with Gasteiger partial charge in [0.2, 0.25) is 0 Å². The minimum atomic E-state index is -0.711. The Morgan fingerprint density at radius 3 is 2.36 bits per heavy atom. The number of hydrogen-bond acceptors (Lipinski definition) is 5. The molecule has 2 amide bonds. The molecule has 1 aliphatic carbocycles. The molecule has 2 heterocycles. The summed E-state index contributed by atoms with van der Waals surface area (Å²) in [5, 5.41) is 9.87. The number of rotatable bonds is 7. The zero-order chi connectivity index (χ0) is 30.0. The van der Waals surface area contributed by atoms with E-state index in [4.69, 9.17) is 4.74 Å². The van der Waals surface area contributed by atoms with Crippen LogP contribution in [0.4, 0.5) is 9.18 Å². The van der Waals surface area contributed by atoms with Crippen LogP contribution in [0.1, 0.15) is 81.6 Å². The van der Waals surface area contributed by atoms with Crippen molar-refractivity contribution in [3.05, 3.63) is 59.4 Å². The molecule has 0 spiro atoms. The second-order valence-electron chi connectivity index (χ2n) is 13.0. The third-order valence-electron chi connectivity index (χ3n) is 8.78. The summed E-state index contributed by atoms with van der Waals surface area (Å²) in [6, 6.07) is 13.7. The Labute approximate surface area is 247 Å². The van der Waals surface area contributed by atoms with Gasteiger partial charge in [-0.25, -0.2) is 9.18 Å². The first kappa shape index (κ1) is 29.8. The molecule has 2 bridgehead atoms. The van der Waals surface area contributed by atoms with Gasteiger partial charge in [-0.3, -0.25) is 14.5 Å². The molecule has 0 aromatic heterocycles. The van der Waals surface area contributed by atoms with E-state index in [-0.39, 0.29) is 36.5 Å². The van der Waals surface area contributed by atoms with Crippen LogP contribution in [0.15, 0.2) is 42.5 Å².